The van der Waals surface area contributed by atoms with E-state index in [0.29, 0.717) is 44.3 Å². The molecule has 1 aromatic carbocycles. The normalized spacial score (nSPS) is 18.9. The molecule has 0 aliphatic carbocycles. The van der Waals surface area contributed by atoms with E-state index in [1.165, 1.54) is 6.20 Å². The Morgan fingerprint density at radius 1 is 1.13 bits per heavy atom. The molecular formula is C22H27N5O3. The second kappa shape index (κ2) is 8.69. The van der Waals surface area contributed by atoms with E-state index < -0.39 is 6.04 Å². The molecule has 1 aromatic heterocycles. The Balaban J connectivity index is 1.40. The maximum Gasteiger partial charge on any atom is 0.223 e. The first-order valence-corrected chi connectivity index (χ1v) is 10.6. The summed E-state index contributed by atoms with van der Waals surface area (Å²) < 4.78 is 1.54. The topological polar surface area (TPSA) is 102 Å². The van der Waals surface area contributed by atoms with Gasteiger partial charge in [0.05, 0.1) is 23.5 Å². The molecule has 2 N–H and O–H groups in total. The van der Waals surface area contributed by atoms with Crippen molar-refractivity contribution < 1.29 is 14.4 Å². The molecule has 2 aliphatic heterocycles. The van der Waals surface area contributed by atoms with Gasteiger partial charge in [-0.3, -0.25) is 14.4 Å². The Labute approximate surface area is 175 Å². The van der Waals surface area contributed by atoms with Crippen molar-refractivity contribution in [3.05, 3.63) is 42.1 Å². The molecule has 0 spiro atoms. The molecule has 2 fully saturated rings. The summed E-state index contributed by atoms with van der Waals surface area (Å²) in [6, 6.07) is 8.90. The fourth-order valence-electron chi connectivity index (χ4n) is 4.35. The number of nitrogen functional groups attached to an aromatic ring is 1. The lowest BCUT2D eigenvalue weighted by atomic mass is 10.0. The van der Waals surface area contributed by atoms with Crippen LogP contribution in [0.25, 0.3) is 5.69 Å². The lowest BCUT2D eigenvalue weighted by molar-refractivity contribution is -0.132. The minimum atomic E-state index is -0.498. The first-order valence-electron chi connectivity index (χ1n) is 10.6. The number of anilines is 1. The number of aromatic nitrogens is 2. The van der Waals surface area contributed by atoms with Crippen molar-refractivity contribution in [3.63, 3.8) is 0 Å². The van der Waals surface area contributed by atoms with Crippen LogP contribution in [0.2, 0.25) is 0 Å². The second-order valence-corrected chi connectivity index (χ2v) is 7.89. The van der Waals surface area contributed by atoms with Crippen molar-refractivity contribution in [2.24, 2.45) is 0 Å². The second-order valence-electron chi connectivity index (χ2n) is 7.89. The van der Waals surface area contributed by atoms with E-state index in [1.807, 2.05) is 35.2 Å². The Morgan fingerprint density at radius 2 is 1.93 bits per heavy atom. The molecule has 30 heavy (non-hydrogen) atoms. The molecule has 2 aromatic rings. The number of benzene rings is 1. The number of carbonyl (C=O) groups excluding carboxylic acids is 3. The fraction of sp³-hybridized carbons (Fsp3) is 0.455. The van der Waals surface area contributed by atoms with Crippen molar-refractivity contribution in [1.29, 1.82) is 0 Å². The zero-order valence-corrected chi connectivity index (χ0v) is 17.0. The summed E-state index contributed by atoms with van der Waals surface area (Å²) in [5.74, 6) is 0.266. The zero-order chi connectivity index (χ0) is 21.1. The van der Waals surface area contributed by atoms with Gasteiger partial charge in [0.15, 0.2) is 5.78 Å². The number of ketones is 1. The minimum Gasteiger partial charge on any atom is -0.383 e. The van der Waals surface area contributed by atoms with Crippen LogP contribution in [-0.4, -0.2) is 62.9 Å². The predicted octanol–water partition coefficient (Wildman–Crippen LogP) is 2.03. The lowest BCUT2D eigenvalue weighted by Gasteiger charge is -2.24. The molecule has 8 nitrogen and oxygen atoms in total. The number of likely N-dealkylation sites (tertiary alicyclic amines) is 2. The van der Waals surface area contributed by atoms with Gasteiger partial charge in [0.2, 0.25) is 11.8 Å². The van der Waals surface area contributed by atoms with Crippen LogP contribution < -0.4 is 5.73 Å². The minimum absolute atomic E-state index is 0.0356. The van der Waals surface area contributed by atoms with Gasteiger partial charge in [-0.1, -0.05) is 18.2 Å². The molecule has 0 bridgehead atoms. The van der Waals surface area contributed by atoms with E-state index in [1.54, 1.807) is 9.58 Å². The van der Waals surface area contributed by atoms with E-state index in [0.717, 1.165) is 25.1 Å². The van der Waals surface area contributed by atoms with Crippen LogP contribution in [-0.2, 0) is 9.59 Å². The van der Waals surface area contributed by atoms with Crippen molar-refractivity contribution >= 4 is 23.4 Å². The molecule has 2 amide bonds. The van der Waals surface area contributed by atoms with Crippen LogP contribution in [0.4, 0.5) is 5.82 Å². The standard InChI is InChI=1S/C22H27N5O3/c23-22-17(15-24-27(22)16-7-2-1-3-8-16)21(30)18-9-4-14-26(18)20(29)11-6-13-25-12-5-10-19(25)28/h1-3,7-8,15,18H,4-6,9-14,23H2/t18-/m0/s1. The average molecular weight is 409 g/mol. The van der Waals surface area contributed by atoms with Gasteiger partial charge in [-0.2, -0.15) is 5.10 Å². The summed E-state index contributed by atoms with van der Waals surface area (Å²) in [6.07, 6.45) is 5.37. The van der Waals surface area contributed by atoms with Gasteiger partial charge in [-0.15, -0.1) is 0 Å². The summed E-state index contributed by atoms with van der Waals surface area (Å²) in [6.45, 7) is 1.96. The van der Waals surface area contributed by atoms with Gasteiger partial charge >= 0.3 is 0 Å². The number of hydrogen-bond donors (Lipinski definition) is 1. The zero-order valence-electron chi connectivity index (χ0n) is 17.0. The van der Waals surface area contributed by atoms with Crippen LogP contribution in [0.1, 0.15) is 48.9 Å². The van der Waals surface area contributed by atoms with Crippen molar-refractivity contribution in [2.45, 2.75) is 44.6 Å². The average Bonchev–Trinajstić information content (AvgIpc) is 3.48. The number of hydrogen-bond acceptors (Lipinski definition) is 5. The third-order valence-corrected chi connectivity index (χ3v) is 5.94. The highest BCUT2D eigenvalue weighted by Gasteiger charge is 2.36. The highest BCUT2D eigenvalue weighted by Crippen LogP contribution is 2.26. The van der Waals surface area contributed by atoms with Gasteiger partial charge in [-0.05, 0) is 37.8 Å². The summed E-state index contributed by atoms with van der Waals surface area (Å²) in [5.41, 5.74) is 7.36. The Kier molecular flexibility index (Phi) is 5.83. The highest BCUT2D eigenvalue weighted by atomic mass is 16.2. The number of carbonyl (C=O) groups is 3. The Morgan fingerprint density at radius 3 is 2.67 bits per heavy atom. The maximum absolute atomic E-state index is 13.2. The maximum atomic E-state index is 13.2. The number of nitrogens with zero attached hydrogens (tertiary/aromatic N) is 4. The smallest absolute Gasteiger partial charge is 0.223 e. The van der Waals surface area contributed by atoms with Gasteiger partial charge < -0.3 is 15.5 Å². The number of para-hydroxylation sites is 1. The molecule has 0 radical (unpaired) electrons. The van der Waals surface area contributed by atoms with E-state index in [2.05, 4.69) is 5.10 Å². The van der Waals surface area contributed by atoms with Crippen LogP contribution in [0.15, 0.2) is 36.5 Å². The third-order valence-electron chi connectivity index (χ3n) is 5.94. The fourth-order valence-corrected chi connectivity index (χ4v) is 4.35. The first kappa shape index (κ1) is 20.1. The lowest BCUT2D eigenvalue weighted by Crippen LogP contribution is -2.41. The molecule has 1 atom stereocenters. The number of rotatable bonds is 7. The van der Waals surface area contributed by atoms with Gasteiger partial charge in [0.1, 0.15) is 5.82 Å². The first-order chi connectivity index (χ1) is 14.6. The summed E-state index contributed by atoms with van der Waals surface area (Å²) in [7, 11) is 0. The van der Waals surface area contributed by atoms with E-state index in [-0.39, 0.29) is 23.4 Å². The molecule has 0 unspecified atom stereocenters. The van der Waals surface area contributed by atoms with Crippen LogP contribution in [0, 0.1) is 0 Å². The molecule has 158 valence electrons. The predicted molar refractivity (Wildman–Crippen MR) is 112 cm³/mol. The summed E-state index contributed by atoms with van der Waals surface area (Å²) in [5, 5.41) is 4.28. The summed E-state index contributed by atoms with van der Waals surface area (Å²) in [4.78, 5) is 41.1. The molecule has 2 saturated heterocycles. The highest BCUT2D eigenvalue weighted by molar-refractivity contribution is 6.05. The van der Waals surface area contributed by atoms with Gasteiger partial charge in [-0.25, -0.2) is 4.68 Å². The van der Waals surface area contributed by atoms with Crippen LogP contribution in [0.5, 0.6) is 0 Å². The van der Waals surface area contributed by atoms with E-state index in [9.17, 15) is 14.4 Å². The van der Waals surface area contributed by atoms with Gasteiger partial charge in [0.25, 0.3) is 0 Å². The monoisotopic (exact) mass is 409 g/mol. The number of amides is 2. The SMILES string of the molecule is Nc1c(C(=O)[C@@H]2CCCN2C(=O)CCCN2CCCC2=O)cnn1-c1ccccc1. The third kappa shape index (κ3) is 3.94. The van der Waals surface area contributed by atoms with E-state index in [4.69, 9.17) is 5.73 Å². The molecule has 2 aliphatic rings. The van der Waals surface area contributed by atoms with Crippen LogP contribution >= 0.6 is 0 Å². The molecule has 3 heterocycles. The van der Waals surface area contributed by atoms with Gasteiger partial charge in [0, 0.05) is 32.5 Å². The quantitative estimate of drug-likeness (QED) is 0.705. The summed E-state index contributed by atoms with van der Waals surface area (Å²) >= 11 is 0. The molecular weight excluding hydrogens is 382 g/mol. The molecule has 8 heteroatoms. The van der Waals surface area contributed by atoms with Crippen molar-refractivity contribution in [2.75, 3.05) is 25.4 Å². The van der Waals surface area contributed by atoms with Crippen LogP contribution in [0.3, 0.4) is 0 Å². The number of Topliss-reactive ketones (excluding diaryl/α,β-unsaturated/α-hetero) is 1. The van der Waals surface area contributed by atoms with E-state index >= 15 is 0 Å². The van der Waals surface area contributed by atoms with Crippen molar-refractivity contribution in [3.8, 4) is 5.69 Å². The van der Waals surface area contributed by atoms with Crippen molar-refractivity contribution in [1.82, 2.24) is 19.6 Å². The molecule has 0 saturated carbocycles. The number of nitrogens with two attached hydrogens (primary N) is 1. The Hall–Kier alpha value is -3.16. The Bertz CT molecular complexity index is 940. The largest absolute Gasteiger partial charge is 0.383 e. The molecule has 4 rings (SSSR count).